The Morgan fingerprint density at radius 3 is 2.61 bits per heavy atom. The first-order chi connectivity index (χ1) is 13.4. The molecule has 4 nitrogen and oxygen atoms in total. The lowest BCUT2D eigenvalue weighted by Crippen LogP contribution is -2.47. The minimum atomic E-state index is 0.197. The van der Waals surface area contributed by atoms with Gasteiger partial charge in [-0.05, 0) is 56.9 Å². The number of nitrogens with zero attached hydrogens (tertiary/aromatic N) is 2. The average Bonchev–Trinajstić information content (AvgIpc) is 2.99. The standard InChI is InChI=1S/C24H32N2O2/c1-18(2)10-13-28-23-6-4-19(5-7-23)14-20-16-25(3)21-15-24(26(20)17-21)11-8-22(27)9-12-24/h4-7,10,16,21H,8-9,11-15,17H2,1-3H3/t21-/m1/s1. The van der Waals surface area contributed by atoms with Crippen LogP contribution in [-0.4, -0.2) is 47.4 Å². The minimum absolute atomic E-state index is 0.197. The normalized spacial score (nSPS) is 23.0. The molecule has 150 valence electrons. The Balaban J connectivity index is 1.46. The van der Waals surface area contributed by atoms with Crippen molar-refractivity contribution in [2.24, 2.45) is 0 Å². The minimum Gasteiger partial charge on any atom is -0.490 e. The van der Waals surface area contributed by atoms with Gasteiger partial charge in [0.1, 0.15) is 18.1 Å². The van der Waals surface area contributed by atoms with Crippen molar-refractivity contribution in [3.63, 3.8) is 0 Å². The first-order valence-corrected chi connectivity index (χ1v) is 10.5. The van der Waals surface area contributed by atoms with Gasteiger partial charge in [0.05, 0.1) is 0 Å². The molecule has 1 aliphatic carbocycles. The van der Waals surface area contributed by atoms with Gasteiger partial charge < -0.3 is 14.5 Å². The van der Waals surface area contributed by atoms with Gasteiger partial charge in [0, 0.05) is 56.3 Å². The number of carbonyl (C=O) groups is 1. The first-order valence-electron chi connectivity index (χ1n) is 10.5. The van der Waals surface area contributed by atoms with Crippen molar-refractivity contribution in [3.05, 3.63) is 53.4 Å². The number of allylic oxidation sites excluding steroid dienone is 2. The van der Waals surface area contributed by atoms with Crippen molar-refractivity contribution in [2.75, 3.05) is 20.2 Å². The quantitative estimate of drug-likeness (QED) is 0.713. The van der Waals surface area contributed by atoms with Crippen molar-refractivity contribution < 1.29 is 9.53 Å². The summed E-state index contributed by atoms with van der Waals surface area (Å²) in [6, 6.07) is 9.09. The highest BCUT2D eigenvalue weighted by Crippen LogP contribution is 2.46. The lowest BCUT2D eigenvalue weighted by atomic mass is 9.78. The highest BCUT2D eigenvalue weighted by Gasteiger charge is 2.50. The van der Waals surface area contributed by atoms with Gasteiger partial charge in [-0.2, -0.15) is 0 Å². The summed E-state index contributed by atoms with van der Waals surface area (Å²) in [7, 11) is 2.20. The zero-order valence-corrected chi connectivity index (χ0v) is 17.4. The maximum absolute atomic E-state index is 11.8. The Hall–Kier alpha value is -2.23. The highest BCUT2D eigenvalue weighted by molar-refractivity contribution is 5.79. The smallest absolute Gasteiger partial charge is 0.133 e. The van der Waals surface area contributed by atoms with E-state index in [2.05, 4.69) is 67.2 Å². The van der Waals surface area contributed by atoms with E-state index in [-0.39, 0.29) is 5.54 Å². The molecule has 0 radical (unpaired) electrons. The molecule has 2 fully saturated rings. The summed E-state index contributed by atoms with van der Waals surface area (Å²) in [4.78, 5) is 16.9. The molecule has 0 amide bonds. The number of hydrogen-bond acceptors (Lipinski definition) is 4. The Morgan fingerprint density at radius 2 is 1.93 bits per heavy atom. The van der Waals surface area contributed by atoms with Crippen LogP contribution in [0.15, 0.2) is 47.8 Å². The zero-order chi connectivity index (χ0) is 19.7. The summed E-state index contributed by atoms with van der Waals surface area (Å²) >= 11 is 0. The van der Waals surface area contributed by atoms with Crippen LogP contribution < -0.4 is 4.74 Å². The Kier molecular flexibility index (Phi) is 5.22. The second-order valence-electron chi connectivity index (χ2n) is 8.93. The van der Waals surface area contributed by atoms with Gasteiger partial charge in [0.25, 0.3) is 0 Å². The summed E-state index contributed by atoms with van der Waals surface area (Å²) in [6.45, 7) is 5.88. The molecule has 1 spiro atoms. The van der Waals surface area contributed by atoms with Gasteiger partial charge in [-0.25, -0.2) is 0 Å². The third-order valence-corrected chi connectivity index (χ3v) is 6.65. The highest BCUT2D eigenvalue weighted by atomic mass is 16.5. The number of ether oxygens (including phenoxy) is 1. The first kappa shape index (κ1) is 19.1. The fraction of sp³-hybridized carbons (Fsp3) is 0.542. The number of carbonyl (C=O) groups excluding carboxylic acids is 1. The third-order valence-electron chi connectivity index (χ3n) is 6.65. The summed E-state index contributed by atoms with van der Waals surface area (Å²) in [5.74, 6) is 1.36. The van der Waals surface area contributed by atoms with Crippen molar-refractivity contribution in [1.29, 1.82) is 0 Å². The van der Waals surface area contributed by atoms with Crippen LogP contribution in [0, 0.1) is 0 Å². The summed E-state index contributed by atoms with van der Waals surface area (Å²) in [5, 5.41) is 0. The molecule has 1 aromatic rings. The number of fused-ring (bicyclic) bond motifs is 3. The molecule has 0 aromatic heterocycles. The molecule has 1 saturated carbocycles. The van der Waals surface area contributed by atoms with E-state index < -0.39 is 0 Å². The molecular weight excluding hydrogens is 348 g/mol. The van der Waals surface area contributed by atoms with E-state index in [1.165, 1.54) is 23.3 Å². The fourth-order valence-corrected chi connectivity index (χ4v) is 4.95. The molecule has 0 unspecified atom stereocenters. The van der Waals surface area contributed by atoms with E-state index in [4.69, 9.17) is 4.74 Å². The van der Waals surface area contributed by atoms with Crippen LogP contribution in [0.1, 0.15) is 51.5 Å². The van der Waals surface area contributed by atoms with E-state index in [1.54, 1.807) is 0 Å². The predicted octanol–water partition coefficient (Wildman–Crippen LogP) is 4.32. The maximum atomic E-state index is 11.8. The Labute approximate surface area is 168 Å². The zero-order valence-electron chi connectivity index (χ0n) is 17.4. The monoisotopic (exact) mass is 380 g/mol. The van der Waals surface area contributed by atoms with Gasteiger partial charge in [-0.3, -0.25) is 4.79 Å². The van der Waals surface area contributed by atoms with E-state index in [0.29, 0.717) is 18.4 Å². The topological polar surface area (TPSA) is 32.8 Å². The molecule has 3 aliphatic rings. The van der Waals surface area contributed by atoms with Crippen molar-refractivity contribution in [3.8, 4) is 5.75 Å². The lowest BCUT2D eigenvalue weighted by Gasteiger charge is -2.44. The number of Topliss-reactive ketones (excluding diaryl/α,β-unsaturated/α-hetero) is 1. The molecule has 2 heterocycles. The van der Waals surface area contributed by atoms with Crippen molar-refractivity contribution >= 4 is 5.78 Å². The molecular formula is C24H32N2O2. The van der Waals surface area contributed by atoms with Crippen LogP contribution in [-0.2, 0) is 11.2 Å². The van der Waals surface area contributed by atoms with E-state index in [9.17, 15) is 4.79 Å². The molecule has 2 aliphatic heterocycles. The number of rotatable bonds is 5. The maximum Gasteiger partial charge on any atom is 0.133 e. The third kappa shape index (κ3) is 3.82. The van der Waals surface area contributed by atoms with E-state index >= 15 is 0 Å². The van der Waals surface area contributed by atoms with Gasteiger partial charge >= 0.3 is 0 Å². The van der Waals surface area contributed by atoms with Crippen LogP contribution in [0.2, 0.25) is 0 Å². The summed E-state index contributed by atoms with van der Waals surface area (Å²) in [6.07, 6.45) is 10.1. The Morgan fingerprint density at radius 1 is 1.21 bits per heavy atom. The van der Waals surface area contributed by atoms with Crippen molar-refractivity contribution in [1.82, 2.24) is 9.80 Å². The van der Waals surface area contributed by atoms with Gasteiger partial charge in [0.15, 0.2) is 0 Å². The molecule has 4 rings (SSSR count). The molecule has 1 aromatic carbocycles. The number of hydrogen-bond donors (Lipinski definition) is 0. The van der Waals surface area contributed by atoms with Gasteiger partial charge in [-0.1, -0.05) is 17.7 Å². The van der Waals surface area contributed by atoms with E-state index in [0.717, 1.165) is 44.4 Å². The van der Waals surface area contributed by atoms with Crippen LogP contribution in [0.4, 0.5) is 0 Å². The lowest BCUT2D eigenvalue weighted by molar-refractivity contribution is -0.122. The Bertz CT molecular complexity index is 779. The molecule has 4 heteroatoms. The van der Waals surface area contributed by atoms with Gasteiger partial charge in [-0.15, -0.1) is 0 Å². The van der Waals surface area contributed by atoms with Crippen LogP contribution >= 0.6 is 0 Å². The van der Waals surface area contributed by atoms with Crippen LogP contribution in [0.5, 0.6) is 5.75 Å². The predicted molar refractivity (Wildman–Crippen MR) is 112 cm³/mol. The number of ketones is 1. The second kappa shape index (κ2) is 7.65. The SMILES string of the molecule is CC(C)=CCOc1ccc(CC2=CN(C)[C@H]3CN2C2(CCC(=O)CC2)C3)cc1. The number of likely N-dealkylation sites (N-methyl/N-ethyl adjacent to an activating group) is 1. The second-order valence-corrected chi connectivity index (χ2v) is 8.93. The molecule has 0 N–H and O–H groups in total. The van der Waals surface area contributed by atoms with Crippen molar-refractivity contribution in [2.45, 2.75) is 64.0 Å². The summed E-state index contributed by atoms with van der Waals surface area (Å²) in [5.41, 5.74) is 4.17. The molecule has 28 heavy (non-hydrogen) atoms. The van der Waals surface area contributed by atoms with Gasteiger partial charge in [0.2, 0.25) is 0 Å². The molecule has 2 bridgehead atoms. The van der Waals surface area contributed by atoms with Crippen LogP contribution in [0.25, 0.3) is 0 Å². The average molecular weight is 381 g/mol. The largest absolute Gasteiger partial charge is 0.490 e. The van der Waals surface area contributed by atoms with Crippen LogP contribution in [0.3, 0.4) is 0 Å². The van der Waals surface area contributed by atoms with E-state index in [1.807, 2.05) is 0 Å². The number of benzene rings is 1. The molecule has 1 atom stereocenters. The summed E-state index contributed by atoms with van der Waals surface area (Å²) < 4.78 is 5.79. The molecule has 1 saturated heterocycles. The fourth-order valence-electron chi connectivity index (χ4n) is 4.95.